The maximum absolute atomic E-state index is 6.11. The van der Waals surface area contributed by atoms with E-state index in [1.165, 1.54) is 16.8 Å². The van der Waals surface area contributed by atoms with E-state index in [9.17, 15) is 0 Å². The van der Waals surface area contributed by atoms with Gasteiger partial charge in [0, 0.05) is 24.3 Å². The van der Waals surface area contributed by atoms with Crippen LogP contribution in [-0.2, 0) is 6.42 Å². The molecule has 0 aliphatic carbocycles. The zero-order valence-corrected chi connectivity index (χ0v) is 13.7. The molecule has 1 unspecified atom stereocenters. The van der Waals surface area contributed by atoms with Gasteiger partial charge in [-0.2, -0.15) is 0 Å². The molecule has 0 amide bonds. The summed E-state index contributed by atoms with van der Waals surface area (Å²) in [7, 11) is 2.12. The van der Waals surface area contributed by atoms with Crippen LogP contribution in [0.2, 0.25) is 5.02 Å². The van der Waals surface area contributed by atoms with E-state index in [1.807, 2.05) is 12.1 Å². The quantitative estimate of drug-likeness (QED) is 0.903. The van der Waals surface area contributed by atoms with Gasteiger partial charge in [-0.25, -0.2) is 0 Å². The lowest BCUT2D eigenvalue weighted by Gasteiger charge is -2.40. The van der Waals surface area contributed by atoms with Crippen molar-refractivity contribution in [2.24, 2.45) is 5.73 Å². The summed E-state index contributed by atoms with van der Waals surface area (Å²) in [4.78, 5) is 2.29. The van der Waals surface area contributed by atoms with E-state index in [1.54, 1.807) is 0 Å². The average Bonchev–Trinajstić information content (AvgIpc) is 2.49. The third kappa shape index (κ3) is 3.58. The summed E-state index contributed by atoms with van der Waals surface area (Å²) in [5, 5.41) is 0.764. The number of hydrogen-bond acceptors (Lipinski definition) is 2. The zero-order valence-electron chi connectivity index (χ0n) is 12.9. The predicted octanol–water partition coefficient (Wildman–Crippen LogP) is 4.04. The number of benzene rings is 2. The number of nitrogens with two attached hydrogens (primary N) is 1. The lowest BCUT2D eigenvalue weighted by atomic mass is 9.90. The first-order valence-electron chi connectivity index (χ1n) is 7.20. The Bertz CT molecular complexity index is 594. The molecule has 0 saturated carbocycles. The summed E-state index contributed by atoms with van der Waals surface area (Å²) in [5.41, 5.74) is 9.69. The van der Waals surface area contributed by atoms with E-state index in [0.29, 0.717) is 6.54 Å². The highest BCUT2D eigenvalue weighted by Crippen LogP contribution is 2.28. The van der Waals surface area contributed by atoms with Gasteiger partial charge in [0.1, 0.15) is 0 Å². The fraction of sp³-hybridized carbons (Fsp3) is 0.333. The molecular formula is C18H23ClN2. The van der Waals surface area contributed by atoms with Crippen LogP contribution in [0.15, 0.2) is 48.5 Å². The Hall–Kier alpha value is -1.51. The van der Waals surface area contributed by atoms with E-state index < -0.39 is 0 Å². The van der Waals surface area contributed by atoms with Gasteiger partial charge in [-0.15, -0.1) is 0 Å². The van der Waals surface area contributed by atoms with Crippen molar-refractivity contribution >= 4 is 17.3 Å². The SMILES string of the molecule is Cc1ccccc1N(C)C(C)(CN)Cc1ccc(Cl)cc1. The Morgan fingerprint density at radius 1 is 1.10 bits per heavy atom. The number of nitrogens with zero attached hydrogens (tertiary/aromatic N) is 1. The van der Waals surface area contributed by atoms with Gasteiger partial charge in [0.2, 0.25) is 0 Å². The Kier molecular flexibility index (Phi) is 4.92. The molecule has 0 aromatic heterocycles. The predicted molar refractivity (Wildman–Crippen MR) is 92.2 cm³/mol. The normalized spacial score (nSPS) is 13.8. The van der Waals surface area contributed by atoms with Gasteiger partial charge in [-0.05, 0) is 49.6 Å². The van der Waals surface area contributed by atoms with Gasteiger partial charge in [-0.3, -0.25) is 0 Å². The maximum atomic E-state index is 6.11. The molecule has 2 rings (SSSR count). The first-order chi connectivity index (χ1) is 9.96. The zero-order chi connectivity index (χ0) is 15.5. The topological polar surface area (TPSA) is 29.3 Å². The van der Waals surface area contributed by atoms with Crippen molar-refractivity contribution in [1.82, 2.24) is 0 Å². The molecule has 1 atom stereocenters. The van der Waals surface area contributed by atoms with Crippen molar-refractivity contribution in [2.45, 2.75) is 25.8 Å². The number of halogens is 1. The summed E-state index contributed by atoms with van der Waals surface area (Å²) >= 11 is 5.96. The molecule has 0 aliphatic rings. The molecule has 0 aliphatic heterocycles. The number of likely N-dealkylation sites (N-methyl/N-ethyl adjacent to an activating group) is 1. The molecule has 2 aromatic rings. The van der Waals surface area contributed by atoms with Crippen LogP contribution in [0, 0.1) is 6.92 Å². The van der Waals surface area contributed by atoms with Crippen molar-refractivity contribution in [1.29, 1.82) is 0 Å². The monoisotopic (exact) mass is 302 g/mol. The van der Waals surface area contributed by atoms with E-state index in [4.69, 9.17) is 17.3 Å². The summed E-state index contributed by atoms with van der Waals surface area (Å²) in [6.45, 7) is 4.92. The Morgan fingerprint density at radius 2 is 1.71 bits per heavy atom. The van der Waals surface area contributed by atoms with Crippen molar-refractivity contribution < 1.29 is 0 Å². The molecule has 0 radical (unpaired) electrons. The number of hydrogen-bond donors (Lipinski definition) is 1. The Morgan fingerprint density at radius 3 is 2.29 bits per heavy atom. The second kappa shape index (κ2) is 6.50. The Balaban J connectivity index is 2.28. The van der Waals surface area contributed by atoms with Crippen LogP contribution >= 0.6 is 11.6 Å². The molecule has 112 valence electrons. The van der Waals surface area contributed by atoms with Crippen LogP contribution in [-0.4, -0.2) is 19.1 Å². The van der Waals surface area contributed by atoms with E-state index in [2.05, 4.69) is 62.2 Å². The minimum Gasteiger partial charge on any atom is -0.367 e. The summed E-state index contributed by atoms with van der Waals surface area (Å²) < 4.78 is 0. The van der Waals surface area contributed by atoms with Crippen LogP contribution in [0.1, 0.15) is 18.1 Å². The highest BCUT2D eigenvalue weighted by Gasteiger charge is 2.29. The van der Waals surface area contributed by atoms with Crippen LogP contribution in [0.25, 0.3) is 0 Å². The maximum Gasteiger partial charge on any atom is 0.0533 e. The lowest BCUT2D eigenvalue weighted by Crippen LogP contribution is -2.51. The minimum atomic E-state index is -0.139. The molecule has 21 heavy (non-hydrogen) atoms. The van der Waals surface area contributed by atoms with Crippen molar-refractivity contribution in [3.8, 4) is 0 Å². The highest BCUT2D eigenvalue weighted by atomic mass is 35.5. The fourth-order valence-corrected chi connectivity index (χ4v) is 2.73. The van der Waals surface area contributed by atoms with Crippen molar-refractivity contribution in [2.75, 3.05) is 18.5 Å². The van der Waals surface area contributed by atoms with Gasteiger partial charge in [0.05, 0.1) is 5.54 Å². The van der Waals surface area contributed by atoms with Gasteiger partial charge < -0.3 is 10.6 Å². The molecule has 3 heteroatoms. The third-order valence-electron chi connectivity index (χ3n) is 4.22. The van der Waals surface area contributed by atoms with Gasteiger partial charge in [-0.1, -0.05) is 41.9 Å². The molecule has 0 fully saturated rings. The Labute approximate surface area is 132 Å². The number of aryl methyl sites for hydroxylation is 1. The van der Waals surface area contributed by atoms with E-state index in [0.717, 1.165) is 11.4 Å². The molecule has 0 spiro atoms. The van der Waals surface area contributed by atoms with Crippen LogP contribution in [0.5, 0.6) is 0 Å². The molecule has 2 N–H and O–H groups in total. The molecule has 0 saturated heterocycles. The first kappa shape index (κ1) is 15.9. The van der Waals surface area contributed by atoms with Gasteiger partial charge in [0.25, 0.3) is 0 Å². The average molecular weight is 303 g/mol. The molecule has 2 nitrogen and oxygen atoms in total. The van der Waals surface area contributed by atoms with Crippen LogP contribution in [0.3, 0.4) is 0 Å². The minimum absolute atomic E-state index is 0.139. The number of rotatable bonds is 5. The van der Waals surface area contributed by atoms with E-state index >= 15 is 0 Å². The van der Waals surface area contributed by atoms with Gasteiger partial charge in [0.15, 0.2) is 0 Å². The smallest absolute Gasteiger partial charge is 0.0533 e. The molecule has 0 bridgehead atoms. The second-order valence-corrected chi connectivity index (χ2v) is 6.29. The fourth-order valence-electron chi connectivity index (χ4n) is 2.60. The third-order valence-corrected chi connectivity index (χ3v) is 4.48. The lowest BCUT2D eigenvalue weighted by molar-refractivity contribution is 0.449. The summed E-state index contributed by atoms with van der Waals surface area (Å²) in [6, 6.07) is 16.4. The van der Waals surface area contributed by atoms with Crippen molar-refractivity contribution in [3.05, 3.63) is 64.7 Å². The summed E-state index contributed by atoms with van der Waals surface area (Å²) in [6.07, 6.45) is 0.880. The van der Waals surface area contributed by atoms with Crippen molar-refractivity contribution in [3.63, 3.8) is 0 Å². The highest BCUT2D eigenvalue weighted by molar-refractivity contribution is 6.30. The molecule has 2 aromatic carbocycles. The number of anilines is 1. The molecule has 0 heterocycles. The first-order valence-corrected chi connectivity index (χ1v) is 7.58. The van der Waals surface area contributed by atoms with Gasteiger partial charge >= 0.3 is 0 Å². The largest absolute Gasteiger partial charge is 0.367 e. The second-order valence-electron chi connectivity index (χ2n) is 5.85. The van der Waals surface area contributed by atoms with E-state index in [-0.39, 0.29) is 5.54 Å². The number of para-hydroxylation sites is 1. The summed E-state index contributed by atoms with van der Waals surface area (Å²) in [5.74, 6) is 0. The van der Waals surface area contributed by atoms with Crippen LogP contribution < -0.4 is 10.6 Å². The molecular weight excluding hydrogens is 280 g/mol. The van der Waals surface area contributed by atoms with Crippen LogP contribution in [0.4, 0.5) is 5.69 Å². The standard InChI is InChI=1S/C18H23ClN2/c1-14-6-4-5-7-17(14)21(3)18(2,13-20)12-15-8-10-16(19)11-9-15/h4-11H,12-13,20H2,1-3H3.